The van der Waals surface area contributed by atoms with Gasteiger partial charge in [-0.15, -0.1) is 0 Å². The van der Waals surface area contributed by atoms with Gasteiger partial charge in [0.2, 0.25) is 5.91 Å². The summed E-state index contributed by atoms with van der Waals surface area (Å²) in [6.07, 6.45) is 0. The molecule has 0 spiro atoms. The molecular formula is C26H22N4O3S. The number of ether oxygens (including phenoxy) is 1. The topological polar surface area (TPSA) is 83.4 Å². The van der Waals surface area contributed by atoms with Gasteiger partial charge in [-0.05, 0) is 35.4 Å². The molecule has 1 unspecified atom stereocenters. The molecule has 0 saturated carbocycles. The predicted octanol–water partition coefficient (Wildman–Crippen LogP) is 4.08. The van der Waals surface area contributed by atoms with Crippen molar-refractivity contribution < 1.29 is 14.3 Å². The second-order valence-corrected chi connectivity index (χ2v) is 8.71. The molecule has 8 heteroatoms. The summed E-state index contributed by atoms with van der Waals surface area (Å²) >= 11 is 1.23. The van der Waals surface area contributed by atoms with Crippen molar-refractivity contribution in [1.82, 2.24) is 10.2 Å². The SMILES string of the molecule is COc1cccc(CNC(=O)CSC2=Nc3ccccc3C3=NC(c4ccccc4)C(=O)N23)c1. The maximum absolute atomic E-state index is 13.4. The Morgan fingerprint density at radius 1 is 1.06 bits per heavy atom. The Hall–Kier alpha value is -3.91. The lowest BCUT2D eigenvalue weighted by atomic mass is 10.1. The van der Waals surface area contributed by atoms with E-state index in [1.54, 1.807) is 12.0 Å². The van der Waals surface area contributed by atoms with Crippen molar-refractivity contribution in [3.8, 4) is 5.75 Å². The van der Waals surface area contributed by atoms with Gasteiger partial charge < -0.3 is 10.1 Å². The smallest absolute Gasteiger partial charge is 0.263 e. The van der Waals surface area contributed by atoms with Crippen LogP contribution in [-0.4, -0.2) is 40.6 Å². The standard InChI is InChI=1S/C26H22N4O3S/c1-33-19-11-7-8-17(14-19)15-27-22(31)16-34-26-28-21-13-6-5-12-20(21)24-29-23(25(32)30(24)26)18-9-3-2-4-10-18/h2-14,23H,15-16H2,1H3,(H,27,31). The molecule has 1 N–H and O–H groups in total. The van der Waals surface area contributed by atoms with Crippen molar-refractivity contribution in [1.29, 1.82) is 0 Å². The highest BCUT2D eigenvalue weighted by Gasteiger charge is 2.42. The van der Waals surface area contributed by atoms with Crippen molar-refractivity contribution in [3.05, 3.63) is 95.6 Å². The summed E-state index contributed by atoms with van der Waals surface area (Å²) in [4.78, 5) is 36.9. The largest absolute Gasteiger partial charge is 0.497 e. The fraction of sp³-hybridized carbons (Fsp3) is 0.154. The molecule has 2 aliphatic rings. The highest BCUT2D eigenvalue weighted by Crippen LogP contribution is 2.37. The van der Waals surface area contributed by atoms with E-state index in [0.29, 0.717) is 17.5 Å². The number of hydrogen-bond donors (Lipinski definition) is 1. The molecule has 7 nitrogen and oxygen atoms in total. The molecule has 2 heterocycles. The van der Waals surface area contributed by atoms with E-state index in [-0.39, 0.29) is 17.6 Å². The summed E-state index contributed by atoms with van der Waals surface area (Å²) < 4.78 is 5.23. The van der Waals surface area contributed by atoms with Crippen LogP contribution < -0.4 is 10.1 Å². The Labute approximate surface area is 201 Å². The fourth-order valence-electron chi connectivity index (χ4n) is 3.86. The van der Waals surface area contributed by atoms with Crippen molar-refractivity contribution in [2.75, 3.05) is 12.9 Å². The molecule has 1 atom stereocenters. The second kappa shape index (κ2) is 9.52. The minimum absolute atomic E-state index is 0.123. The van der Waals surface area contributed by atoms with Crippen LogP contribution in [0.25, 0.3) is 0 Å². The molecule has 0 aliphatic carbocycles. The number of carbonyl (C=O) groups is 2. The molecule has 0 bridgehead atoms. The monoisotopic (exact) mass is 470 g/mol. The van der Waals surface area contributed by atoms with Crippen molar-refractivity contribution in [2.24, 2.45) is 9.98 Å². The number of nitrogens with zero attached hydrogens (tertiary/aromatic N) is 3. The Kier molecular flexibility index (Phi) is 6.14. The number of amides is 2. The van der Waals surface area contributed by atoms with E-state index in [1.165, 1.54) is 11.8 Å². The van der Waals surface area contributed by atoms with Crippen molar-refractivity contribution >= 4 is 40.3 Å². The Morgan fingerprint density at radius 3 is 2.68 bits per heavy atom. The summed E-state index contributed by atoms with van der Waals surface area (Å²) in [5.74, 6) is 1.11. The third-order valence-corrected chi connectivity index (χ3v) is 6.48. The van der Waals surface area contributed by atoms with Gasteiger partial charge >= 0.3 is 0 Å². The molecule has 0 radical (unpaired) electrons. The molecule has 34 heavy (non-hydrogen) atoms. The summed E-state index contributed by atoms with van der Waals surface area (Å²) in [7, 11) is 1.61. The number of hydrogen-bond acceptors (Lipinski definition) is 6. The van der Waals surface area contributed by atoms with E-state index in [2.05, 4.69) is 10.3 Å². The average molecular weight is 471 g/mol. The zero-order valence-electron chi connectivity index (χ0n) is 18.5. The van der Waals surface area contributed by atoms with E-state index in [9.17, 15) is 9.59 Å². The van der Waals surface area contributed by atoms with Crippen LogP contribution in [0.4, 0.5) is 5.69 Å². The number of nitrogens with one attached hydrogen (secondary N) is 1. The first kappa shape index (κ1) is 21.9. The van der Waals surface area contributed by atoms with E-state index in [1.807, 2.05) is 78.9 Å². The maximum Gasteiger partial charge on any atom is 0.263 e. The summed E-state index contributed by atoms with van der Waals surface area (Å²) in [5, 5.41) is 3.37. The van der Waals surface area contributed by atoms with E-state index >= 15 is 0 Å². The lowest BCUT2D eigenvalue weighted by molar-refractivity contribution is -0.124. The number of aliphatic imine (C=N–C) groups is 2. The van der Waals surface area contributed by atoms with Crippen LogP contribution in [-0.2, 0) is 16.1 Å². The summed E-state index contributed by atoms with van der Waals surface area (Å²) in [5.41, 5.74) is 3.31. The number of para-hydroxylation sites is 1. The molecule has 170 valence electrons. The number of methoxy groups -OCH3 is 1. The summed E-state index contributed by atoms with van der Waals surface area (Å²) in [6, 6.07) is 24.0. The van der Waals surface area contributed by atoms with Gasteiger partial charge in [-0.1, -0.05) is 66.4 Å². The average Bonchev–Trinajstić information content (AvgIpc) is 3.24. The first-order valence-electron chi connectivity index (χ1n) is 10.8. The van der Waals surface area contributed by atoms with Gasteiger partial charge in [-0.3, -0.25) is 9.59 Å². The number of carbonyl (C=O) groups excluding carboxylic acids is 2. The molecule has 3 aromatic rings. The van der Waals surface area contributed by atoms with Crippen molar-refractivity contribution in [2.45, 2.75) is 12.6 Å². The van der Waals surface area contributed by atoms with Gasteiger partial charge in [-0.25, -0.2) is 14.9 Å². The van der Waals surface area contributed by atoms with Crippen LogP contribution in [0.5, 0.6) is 5.75 Å². The Bertz CT molecular complexity index is 1310. The van der Waals surface area contributed by atoms with Crippen molar-refractivity contribution in [3.63, 3.8) is 0 Å². The zero-order valence-corrected chi connectivity index (χ0v) is 19.3. The minimum atomic E-state index is -0.630. The fourth-order valence-corrected chi connectivity index (χ4v) is 4.69. The van der Waals surface area contributed by atoms with Gasteiger partial charge in [0.25, 0.3) is 5.91 Å². The molecule has 0 saturated heterocycles. The maximum atomic E-state index is 13.4. The molecule has 0 fully saturated rings. The van der Waals surface area contributed by atoms with Gasteiger partial charge in [-0.2, -0.15) is 0 Å². The molecule has 2 aliphatic heterocycles. The molecular weight excluding hydrogens is 448 g/mol. The lowest BCUT2D eigenvalue weighted by Gasteiger charge is -2.25. The quantitative estimate of drug-likeness (QED) is 0.589. The third kappa shape index (κ3) is 4.32. The number of benzene rings is 3. The summed E-state index contributed by atoms with van der Waals surface area (Å²) in [6.45, 7) is 0.386. The van der Waals surface area contributed by atoms with Crippen LogP contribution in [0.15, 0.2) is 88.8 Å². The first-order chi connectivity index (χ1) is 16.6. The number of thioether (sulfide) groups is 1. The van der Waals surface area contributed by atoms with Crippen LogP contribution in [0.1, 0.15) is 22.7 Å². The molecule has 5 rings (SSSR count). The molecule has 0 aromatic heterocycles. The van der Waals surface area contributed by atoms with Gasteiger partial charge in [0.05, 0.1) is 18.6 Å². The minimum Gasteiger partial charge on any atom is -0.497 e. The zero-order chi connectivity index (χ0) is 23.5. The Balaban J connectivity index is 1.33. The van der Waals surface area contributed by atoms with Crippen LogP contribution in [0, 0.1) is 0 Å². The third-order valence-electron chi connectivity index (χ3n) is 5.54. The highest BCUT2D eigenvalue weighted by molar-refractivity contribution is 8.14. The molecule has 3 aromatic carbocycles. The number of fused-ring (bicyclic) bond motifs is 3. The van der Waals surface area contributed by atoms with E-state index in [4.69, 9.17) is 9.73 Å². The normalized spacial score (nSPS) is 16.3. The number of amidine groups is 2. The van der Waals surface area contributed by atoms with Crippen LogP contribution in [0.3, 0.4) is 0 Å². The van der Waals surface area contributed by atoms with Gasteiger partial charge in [0, 0.05) is 12.1 Å². The lowest BCUT2D eigenvalue weighted by Crippen LogP contribution is -2.40. The van der Waals surface area contributed by atoms with Crippen LogP contribution in [0.2, 0.25) is 0 Å². The Morgan fingerprint density at radius 2 is 1.85 bits per heavy atom. The molecule has 2 amide bonds. The predicted molar refractivity (Wildman–Crippen MR) is 133 cm³/mol. The van der Waals surface area contributed by atoms with Crippen LogP contribution >= 0.6 is 11.8 Å². The first-order valence-corrected chi connectivity index (χ1v) is 11.8. The number of rotatable bonds is 6. The van der Waals surface area contributed by atoms with E-state index in [0.717, 1.165) is 28.1 Å². The highest BCUT2D eigenvalue weighted by atomic mass is 32.2. The van der Waals surface area contributed by atoms with Gasteiger partial charge in [0.15, 0.2) is 11.2 Å². The van der Waals surface area contributed by atoms with Gasteiger partial charge in [0.1, 0.15) is 11.6 Å². The van der Waals surface area contributed by atoms with E-state index < -0.39 is 6.04 Å². The second-order valence-electron chi connectivity index (χ2n) is 7.77.